The van der Waals surface area contributed by atoms with Gasteiger partial charge in [-0.2, -0.15) is 0 Å². The second-order valence-corrected chi connectivity index (χ2v) is 4.95. The molecular weight excluding hydrogens is 280 g/mol. The number of benzene rings is 1. The molecule has 0 unspecified atom stereocenters. The van der Waals surface area contributed by atoms with Gasteiger partial charge in [-0.25, -0.2) is 4.98 Å². The predicted molar refractivity (Wildman–Crippen MR) is 71.1 cm³/mol. The van der Waals surface area contributed by atoms with Gasteiger partial charge in [-0.05, 0) is 24.6 Å². The van der Waals surface area contributed by atoms with Crippen LogP contribution in [0.2, 0.25) is 0 Å². The first-order valence-electron chi connectivity index (χ1n) is 5.58. The third-order valence-corrected chi connectivity index (χ3v) is 3.14. The summed E-state index contributed by atoms with van der Waals surface area (Å²) < 4.78 is 1.08. The number of aliphatic hydroxyl groups excluding tert-OH is 1. The molecule has 0 spiro atoms. The van der Waals surface area contributed by atoms with E-state index < -0.39 is 0 Å². The third-order valence-electron chi connectivity index (χ3n) is 2.64. The van der Waals surface area contributed by atoms with E-state index >= 15 is 0 Å². The van der Waals surface area contributed by atoms with Crippen molar-refractivity contribution in [3.05, 3.63) is 51.5 Å². The van der Waals surface area contributed by atoms with E-state index in [4.69, 9.17) is 5.11 Å². The van der Waals surface area contributed by atoms with E-state index in [0.29, 0.717) is 6.42 Å². The lowest BCUT2D eigenvalue weighted by Crippen LogP contribution is -1.94. The maximum Gasteiger partial charge on any atom is 0.108 e. The number of rotatable bonds is 4. The summed E-state index contributed by atoms with van der Waals surface area (Å²) >= 11 is 3.46. The highest BCUT2D eigenvalue weighted by atomic mass is 79.9. The van der Waals surface area contributed by atoms with E-state index in [-0.39, 0.29) is 6.61 Å². The highest BCUT2D eigenvalue weighted by Crippen LogP contribution is 2.16. The normalized spacial score (nSPS) is 10.8. The quantitative estimate of drug-likeness (QED) is 0.911. The Hall–Kier alpha value is -1.13. The molecule has 0 saturated heterocycles. The Morgan fingerprint density at radius 3 is 2.94 bits per heavy atom. The Kier molecular flexibility index (Phi) is 3.97. The van der Waals surface area contributed by atoms with Gasteiger partial charge < -0.3 is 10.1 Å². The molecule has 4 heteroatoms. The number of imidazole rings is 1. The first kappa shape index (κ1) is 12.3. The molecule has 0 saturated carbocycles. The lowest BCUT2D eigenvalue weighted by atomic mass is 10.1. The van der Waals surface area contributed by atoms with Crippen molar-refractivity contribution in [3.63, 3.8) is 0 Å². The molecule has 2 N–H and O–H groups in total. The highest BCUT2D eigenvalue weighted by Gasteiger charge is 2.07. The fraction of sp³-hybridized carbons (Fsp3) is 0.308. The summed E-state index contributed by atoms with van der Waals surface area (Å²) in [6, 6.07) is 8.22. The largest absolute Gasteiger partial charge is 0.396 e. The smallest absolute Gasteiger partial charge is 0.108 e. The summed E-state index contributed by atoms with van der Waals surface area (Å²) in [6.45, 7) is 2.14. The third kappa shape index (κ3) is 3.17. The molecule has 1 heterocycles. The van der Waals surface area contributed by atoms with Crippen molar-refractivity contribution in [1.29, 1.82) is 0 Å². The van der Waals surface area contributed by atoms with Crippen LogP contribution in [0.15, 0.2) is 28.7 Å². The average Bonchev–Trinajstić information content (AvgIpc) is 2.60. The summed E-state index contributed by atoms with van der Waals surface area (Å²) in [6.07, 6.45) is 1.40. The Morgan fingerprint density at radius 1 is 1.41 bits per heavy atom. The summed E-state index contributed by atoms with van der Waals surface area (Å²) in [5.74, 6) is 0.856. The van der Waals surface area contributed by atoms with Gasteiger partial charge in [0.2, 0.25) is 0 Å². The molecule has 0 radical (unpaired) electrons. The molecule has 3 nitrogen and oxygen atoms in total. The molecule has 2 rings (SSSR count). The topological polar surface area (TPSA) is 48.9 Å². The lowest BCUT2D eigenvalue weighted by Gasteiger charge is -2.00. The van der Waals surface area contributed by atoms with Crippen LogP contribution < -0.4 is 0 Å². The average molecular weight is 295 g/mol. The van der Waals surface area contributed by atoms with Crippen molar-refractivity contribution in [3.8, 4) is 0 Å². The fourth-order valence-electron chi connectivity index (χ4n) is 1.80. The Bertz CT molecular complexity index is 508. The molecule has 1 aromatic heterocycles. The molecule has 0 aliphatic heterocycles. The zero-order valence-corrected chi connectivity index (χ0v) is 11.3. The predicted octanol–water partition coefficient (Wildman–Crippen LogP) is 2.61. The standard InChI is InChI=1S/C13H15BrN2O/c1-9-12(16-13(15-9)5-6-17)8-10-3-2-4-11(14)7-10/h2-4,7,17H,5-6,8H2,1H3,(H,15,16). The number of nitrogens with zero attached hydrogens (tertiary/aromatic N) is 1. The number of aliphatic hydroxyl groups is 1. The van der Waals surface area contributed by atoms with Crippen LogP contribution in [-0.2, 0) is 12.8 Å². The molecular formula is C13H15BrN2O. The number of nitrogens with one attached hydrogen (secondary N) is 1. The molecule has 0 aliphatic carbocycles. The van der Waals surface area contributed by atoms with Crippen LogP contribution in [0.4, 0.5) is 0 Å². The number of H-pyrrole nitrogens is 1. The van der Waals surface area contributed by atoms with Crippen molar-refractivity contribution in [2.45, 2.75) is 19.8 Å². The first-order valence-corrected chi connectivity index (χ1v) is 6.38. The second-order valence-electron chi connectivity index (χ2n) is 4.04. The van der Waals surface area contributed by atoms with Crippen LogP contribution in [0, 0.1) is 6.92 Å². The van der Waals surface area contributed by atoms with Crippen molar-refractivity contribution >= 4 is 15.9 Å². The Balaban J connectivity index is 2.18. The molecule has 0 atom stereocenters. The second kappa shape index (κ2) is 5.47. The van der Waals surface area contributed by atoms with Crippen molar-refractivity contribution < 1.29 is 5.11 Å². The number of halogens is 1. The van der Waals surface area contributed by atoms with E-state index in [0.717, 1.165) is 28.1 Å². The number of hydrogen-bond acceptors (Lipinski definition) is 2. The van der Waals surface area contributed by atoms with Crippen LogP contribution >= 0.6 is 15.9 Å². The summed E-state index contributed by atoms with van der Waals surface area (Å²) in [7, 11) is 0. The maximum atomic E-state index is 8.88. The number of aryl methyl sites for hydroxylation is 1. The Labute approximate surface area is 109 Å². The van der Waals surface area contributed by atoms with E-state index in [1.807, 2.05) is 19.1 Å². The van der Waals surface area contributed by atoms with Crippen molar-refractivity contribution in [2.24, 2.45) is 0 Å². The van der Waals surface area contributed by atoms with Crippen LogP contribution in [0.3, 0.4) is 0 Å². The first-order chi connectivity index (χ1) is 8.19. The molecule has 0 bridgehead atoms. The number of hydrogen-bond donors (Lipinski definition) is 2. The molecule has 17 heavy (non-hydrogen) atoms. The van der Waals surface area contributed by atoms with Gasteiger partial charge in [0.25, 0.3) is 0 Å². The van der Waals surface area contributed by atoms with E-state index in [1.54, 1.807) is 0 Å². The van der Waals surface area contributed by atoms with Gasteiger partial charge in [-0.15, -0.1) is 0 Å². The number of aromatic nitrogens is 2. The van der Waals surface area contributed by atoms with Gasteiger partial charge in [0.05, 0.1) is 12.3 Å². The Morgan fingerprint density at radius 2 is 2.24 bits per heavy atom. The summed E-state index contributed by atoms with van der Waals surface area (Å²) in [4.78, 5) is 7.69. The van der Waals surface area contributed by atoms with Gasteiger partial charge in [-0.1, -0.05) is 28.1 Å². The lowest BCUT2D eigenvalue weighted by molar-refractivity contribution is 0.297. The summed E-state index contributed by atoms with van der Waals surface area (Å²) in [5.41, 5.74) is 3.35. The molecule has 2 aromatic rings. The van der Waals surface area contributed by atoms with Crippen molar-refractivity contribution in [2.75, 3.05) is 6.61 Å². The molecule has 0 amide bonds. The van der Waals surface area contributed by atoms with E-state index in [2.05, 4.69) is 38.0 Å². The zero-order chi connectivity index (χ0) is 12.3. The van der Waals surface area contributed by atoms with Gasteiger partial charge in [0.1, 0.15) is 5.82 Å². The minimum atomic E-state index is 0.128. The monoisotopic (exact) mass is 294 g/mol. The SMILES string of the molecule is Cc1[nH]c(CCO)nc1Cc1cccc(Br)c1. The molecule has 90 valence electrons. The minimum Gasteiger partial charge on any atom is -0.396 e. The summed E-state index contributed by atoms with van der Waals surface area (Å²) in [5, 5.41) is 8.88. The molecule has 0 aliphatic rings. The van der Waals surface area contributed by atoms with Crippen LogP contribution in [0.1, 0.15) is 22.8 Å². The van der Waals surface area contributed by atoms with Gasteiger partial charge in [0, 0.05) is 23.0 Å². The van der Waals surface area contributed by atoms with Crippen LogP contribution in [0.5, 0.6) is 0 Å². The molecule has 0 fully saturated rings. The van der Waals surface area contributed by atoms with Gasteiger partial charge in [-0.3, -0.25) is 0 Å². The highest BCUT2D eigenvalue weighted by molar-refractivity contribution is 9.10. The van der Waals surface area contributed by atoms with E-state index in [9.17, 15) is 0 Å². The van der Waals surface area contributed by atoms with Crippen molar-refractivity contribution in [1.82, 2.24) is 9.97 Å². The fourth-order valence-corrected chi connectivity index (χ4v) is 2.25. The zero-order valence-electron chi connectivity index (χ0n) is 9.70. The van der Waals surface area contributed by atoms with Gasteiger partial charge in [0.15, 0.2) is 0 Å². The van der Waals surface area contributed by atoms with E-state index in [1.165, 1.54) is 5.56 Å². The van der Waals surface area contributed by atoms with Crippen LogP contribution in [-0.4, -0.2) is 21.7 Å². The van der Waals surface area contributed by atoms with Gasteiger partial charge >= 0.3 is 0 Å². The minimum absolute atomic E-state index is 0.128. The molecule has 1 aromatic carbocycles. The maximum absolute atomic E-state index is 8.88. The number of aromatic amines is 1. The van der Waals surface area contributed by atoms with Crippen LogP contribution in [0.25, 0.3) is 0 Å².